The Morgan fingerprint density at radius 3 is 2.39 bits per heavy atom. The molecule has 0 spiro atoms. The number of nitrogens with one attached hydrogen (secondary N) is 1. The van der Waals surface area contributed by atoms with Gasteiger partial charge < -0.3 is 15.3 Å². The zero-order valence-electron chi connectivity index (χ0n) is 13.3. The normalized spacial score (nSPS) is 20.1. The molecule has 1 saturated heterocycles. The molecule has 2 amide bonds. The fourth-order valence-corrected chi connectivity index (χ4v) is 3.09. The third kappa shape index (κ3) is 3.72. The molecule has 23 heavy (non-hydrogen) atoms. The third-order valence-corrected chi connectivity index (χ3v) is 5.10. The summed E-state index contributed by atoms with van der Waals surface area (Å²) in [5, 5.41) is 12.3. The van der Waals surface area contributed by atoms with Gasteiger partial charge in [0.15, 0.2) is 0 Å². The molecule has 5 heteroatoms. The topological polar surface area (TPSA) is 69.6 Å². The van der Waals surface area contributed by atoms with Crippen LogP contribution in [0.15, 0.2) is 30.3 Å². The van der Waals surface area contributed by atoms with E-state index in [1.165, 1.54) is 0 Å². The summed E-state index contributed by atoms with van der Waals surface area (Å²) in [7, 11) is 0. The van der Waals surface area contributed by atoms with E-state index in [0.717, 1.165) is 12.8 Å². The number of aliphatic hydroxyl groups is 1. The van der Waals surface area contributed by atoms with Crippen LogP contribution in [0.5, 0.6) is 0 Å². The SMILES string of the molecule is O=C(NCC1(CO)CC1)C1CCN(C(=O)c2ccccc2)CC1. The second-order valence-corrected chi connectivity index (χ2v) is 6.81. The van der Waals surface area contributed by atoms with Crippen molar-refractivity contribution in [2.45, 2.75) is 25.7 Å². The number of piperidine rings is 1. The standard InChI is InChI=1S/C18H24N2O3/c21-13-18(8-9-18)12-19-16(22)14-6-10-20(11-7-14)17(23)15-4-2-1-3-5-15/h1-5,14,21H,6-13H2,(H,19,22). The first-order valence-corrected chi connectivity index (χ1v) is 8.36. The second-order valence-electron chi connectivity index (χ2n) is 6.81. The highest BCUT2D eigenvalue weighted by Gasteiger charge is 2.42. The number of nitrogens with zero attached hydrogens (tertiary/aromatic N) is 1. The van der Waals surface area contributed by atoms with Gasteiger partial charge in [-0.3, -0.25) is 9.59 Å². The highest BCUT2D eigenvalue weighted by Crippen LogP contribution is 2.44. The summed E-state index contributed by atoms with van der Waals surface area (Å²) in [6.07, 6.45) is 3.40. The number of carbonyl (C=O) groups excluding carboxylic acids is 2. The zero-order chi connectivity index (χ0) is 16.3. The van der Waals surface area contributed by atoms with Gasteiger partial charge in [0.1, 0.15) is 0 Å². The fraction of sp³-hybridized carbons (Fsp3) is 0.556. The average Bonchev–Trinajstić information content (AvgIpc) is 3.40. The molecule has 1 heterocycles. The van der Waals surface area contributed by atoms with E-state index in [1.54, 1.807) is 0 Å². The molecular formula is C18H24N2O3. The van der Waals surface area contributed by atoms with Gasteiger partial charge in [0.25, 0.3) is 5.91 Å². The van der Waals surface area contributed by atoms with Gasteiger partial charge in [-0.15, -0.1) is 0 Å². The highest BCUT2D eigenvalue weighted by atomic mass is 16.3. The van der Waals surface area contributed by atoms with Crippen LogP contribution in [0.3, 0.4) is 0 Å². The van der Waals surface area contributed by atoms with E-state index in [0.29, 0.717) is 38.0 Å². The van der Waals surface area contributed by atoms with Crippen LogP contribution in [-0.2, 0) is 4.79 Å². The lowest BCUT2D eigenvalue weighted by Gasteiger charge is -2.31. The Balaban J connectivity index is 1.46. The first kappa shape index (κ1) is 16.0. The van der Waals surface area contributed by atoms with E-state index in [1.807, 2.05) is 35.2 Å². The molecule has 1 saturated carbocycles. The summed E-state index contributed by atoms with van der Waals surface area (Å²) < 4.78 is 0. The van der Waals surface area contributed by atoms with Crippen molar-refractivity contribution >= 4 is 11.8 Å². The van der Waals surface area contributed by atoms with Crippen LogP contribution < -0.4 is 5.32 Å². The number of hydrogen-bond acceptors (Lipinski definition) is 3. The van der Waals surface area contributed by atoms with Gasteiger partial charge in [0.05, 0.1) is 6.61 Å². The number of hydrogen-bond donors (Lipinski definition) is 2. The molecule has 2 aliphatic rings. The summed E-state index contributed by atoms with van der Waals surface area (Å²) in [4.78, 5) is 26.4. The third-order valence-electron chi connectivity index (χ3n) is 5.10. The van der Waals surface area contributed by atoms with Crippen molar-refractivity contribution in [3.8, 4) is 0 Å². The Morgan fingerprint density at radius 1 is 1.17 bits per heavy atom. The second kappa shape index (κ2) is 6.71. The molecular weight excluding hydrogens is 292 g/mol. The molecule has 0 unspecified atom stereocenters. The summed E-state index contributed by atoms with van der Waals surface area (Å²) in [5.41, 5.74) is 0.647. The Kier molecular flexibility index (Phi) is 4.66. The van der Waals surface area contributed by atoms with Gasteiger partial charge >= 0.3 is 0 Å². The van der Waals surface area contributed by atoms with Gasteiger partial charge in [0.2, 0.25) is 5.91 Å². The molecule has 2 N–H and O–H groups in total. The summed E-state index contributed by atoms with van der Waals surface area (Å²) in [6, 6.07) is 9.27. The lowest BCUT2D eigenvalue weighted by molar-refractivity contribution is -0.126. The first-order chi connectivity index (χ1) is 11.1. The predicted molar refractivity (Wildman–Crippen MR) is 86.8 cm³/mol. The van der Waals surface area contributed by atoms with E-state index < -0.39 is 0 Å². The van der Waals surface area contributed by atoms with Crippen LogP contribution in [0.1, 0.15) is 36.0 Å². The van der Waals surface area contributed by atoms with Gasteiger partial charge in [-0.1, -0.05) is 18.2 Å². The van der Waals surface area contributed by atoms with Gasteiger partial charge in [-0.2, -0.15) is 0 Å². The summed E-state index contributed by atoms with van der Waals surface area (Å²) in [6.45, 7) is 1.97. The predicted octanol–water partition coefficient (Wildman–Crippen LogP) is 1.43. The fourth-order valence-electron chi connectivity index (χ4n) is 3.09. The number of carbonyl (C=O) groups is 2. The zero-order valence-corrected chi connectivity index (χ0v) is 13.3. The number of amides is 2. The van der Waals surface area contributed by atoms with Gasteiger partial charge in [-0.05, 0) is 37.8 Å². The lowest BCUT2D eigenvalue weighted by atomic mass is 9.95. The average molecular weight is 316 g/mol. The number of likely N-dealkylation sites (tertiary alicyclic amines) is 1. The van der Waals surface area contributed by atoms with Crippen molar-refractivity contribution in [1.82, 2.24) is 10.2 Å². The van der Waals surface area contributed by atoms with E-state index in [4.69, 9.17) is 0 Å². The van der Waals surface area contributed by atoms with Crippen LogP contribution in [0.25, 0.3) is 0 Å². The number of rotatable bonds is 5. The Labute approximate surface area is 136 Å². The molecule has 2 fully saturated rings. The molecule has 1 aromatic carbocycles. The number of aliphatic hydroxyl groups excluding tert-OH is 1. The molecule has 0 aromatic heterocycles. The van der Waals surface area contributed by atoms with Crippen molar-refractivity contribution in [3.05, 3.63) is 35.9 Å². The Bertz CT molecular complexity index is 561. The Hall–Kier alpha value is -1.88. The minimum absolute atomic E-state index is 0.0238. The maximum Gasteiger partial charge on any atom is 0.253 e. The van der Waals surface area contributed by atoms with Crippen molar-refractivity contribution < 1.29 is 14.7 Å². The minimum Gasteiger partial charge on any atom is -0.396 e. The van der Waals surface area contributed by atoms with Crippen LogP contribution >= 0.6 is 0 Å². The van der Waals surface area contributed by atoms with Crippen LogP contribution in [0.4, 0.5) is 0 Å². The molecule has 1 aliphatic heterocycles. The van der Waals surface area contributed by atoms with Crippen LogP contribution in [0.2, 0.25) is 0 Å². The van der Waals surface area contributed by atoms with Crippen LogP contribution in [-0.4, -0.2) is 48.1 Å². The monoisotopic (exact) mass is 316 g/mol. The van der Waals surface area contributed by atoms with Gasteiger partial charge in [0, 0.05) is 36.5 Å². The maximum atomic E-state index is 12.4. The molecule has 5 nitrogen and oxygen atoms in total. The van der Waals surface area contributed by atoms with E-state index in [2.05, 4.69) is 5.32 Å². The van der Waals surface area contributed by atoms with Crippen molar-refractivity contribution in [1.29, 1.82) is 0 Å². The maximum absolute atomic E-state index is 12.4. The van der Waals surface area contributed by atoms with Crippen LogP contribution in [0, 0.1) is 11.3 Å². The summed E-state index contributed by atoms with van der Waals surface area (Å²) >= 11 is 0. The first-order valence-electron chi connectivity index (χ1n) is 8.36. The molecule has 124 valence electrons. The van der Waals surface area contributed by atoms with Crippen molar-refractivity contribution in [2.24, 2.45) is 11.3 Å². The van der Waals surface area contributed by atoms with Crippen molar-refractivity contribution in [2.75, 3.05) is 26.2 Å². The Morgan fingerprint density at radius 2 is 1.83 bits per heavy atom. The van der Waals surface area contributed by atoms with Gasteiger partial charge in [-0.25, -0.2) is 0 Å². The quantitative estimate of drug-likeness (QED) is 0.863. The molecule has 0 bridgehead atoms. The number of benzene rings is 1. The molecule has 0 atom stereocenters. The molecule has 1 aromatic rings. The summed E-state index contributed by atoms with van der Waals surface area (Å²) in [5.74, 6) is 0.0857. The molecule has 1 aliphatic carbocycles. The smallest absolute Gasteiger partial charge is 0.253 e. The van der Waals surface area contributed by atoms with E-state index in [9.17, 15) is 14.7 Å². The molecule has 0 radical (unpaired) electrons. The largest absolute Gasteiger partial charge is 0.396 e. The highest BCUT2D eigenvalue weighted by molar-refractivity contribution is 5.94. The lowest BCUT2D eigenvalue weighted by Crippen LogP contribution is -2.44. The van der Waals surface area contributed by atoms with E-state index >= 15 is 0 Å². The minimum atomic E-state index is -0.0559. The van der Waals surface area contributed by atoms with Crippen molar-refractivity contribution in [3.63, 3.8) is 0 Å². The van der Waals surface area contributed by atoms with E-state index in [-0.39, 0.29) is 29.8 Å². The molecule has 3 rings (SSSR count).